The van der Waals surface area contributed by atoms with Gasteiger partial charge in [-0.15, -0.1) is 35.3 Å². The highest BCUT2D eigenvalue weighted by Gasteiger charge is 2.17. The molecular formula is C19H25FIN3O2S. The number of aliphatic imine (C=N–C) groups is 1. The van der Waals surface area contributed by atoms with Gasteiger partial charge in [-0.05, 0) is 35.6 Å². The zero-order valence-electron chi connectivity index (χ0n) is 15.5. The molecule has 0 bridgehead atoms. The Kier molecular flexibility index (Phi) is 8.78. The Morgan fingerprint density at radius 1 is 1.37 bits per heavy atom. The smallest absolute Gasteiger partial charge is 0.191 e. The summed E-state index contributed by atoms with van der Waals surface area (Å²) < 4.78 is 24.6. The molecule has 5 nitrogen and oxygen atoms in total. The molecule has 0 amide bonds. The summed E-state index contributed by atoms with van der Waals surface area (Å²) in [6, 6.07) is 7.21. The fourth-order valence-electron chi connectivity index (χ4n) is 2.90. The van der Waals surface area contributed by atoms with Crippen LogP contribution >= 0.6 is 35.3 Å². The second-order valence-electron chi connectivity index (χ2n) is 6.21. The van der Waals surface area contributed by atoms with Crippen molar-refractivity contribution >= 4 is 41.3 Å². The van der Waals surface area contributed by atoms with E-state index in [1.165, 1.54) is 17.0 Å². The SMILES string of the molecule is CN=C(NCCc1cc(F)cc2c1OCOC2)NCC(C)c1cccs1.I. The second kappa shape index (κ2) is 10.8. The van der Waals surface area contributed by atoms with E-state index in [-0.39, 0.29) is 36.6 Å². The number of ether oxygens (including phenoxy) is 2. The van der Waals surface area contributed by atoms with Crippen LogP contribution in [0.25, 0.3) is 0 Å². The molecule has 0 aliphatic carbocycles. The molecule has 1 aliphatic rings. The van der Waals surface area contributed by atoms with Crippen molar-refractivity contribution in [3.63, 3.8) is 0 Å². The van der Waals surface area contributed by atoms with Gasteiger partial charge in [0.25, 0.3) is 0 Å². The van der Waals surface area contributed by atoms with Crippen LogP contribution in [-0.2, 0) is 17.8 Å². The number of rotatable bonds is 6. The molecule has 3 rings (SSSR count). The first-order valence-electron chi connectivity index (χ1n) is 8.67. The van der Waals surface area contributed by atoms with Crippen molar-refractivity contribution in [1.82, 2.24) is 10.6 Å². The minimum absolute atomic E-state index is 0. The minimum atomic E-state index is -0.264. The number of guanidine groups is 1. The molecule has 1 unspecified atom stereocenters. The van der Waals surface area contributed by atoms with Gasteiger partial charge in [0.2, 0.25) is 0 Å². The molecule has 0 saturated heterocycles. The highest BCUT2D eigenvalue weighted by molar-refractivity contribution is 14.0. The Bertz CT molecular complexity index is 756. The zero-order valence-corrected chi connectivity index (χ0v) is 18.6. The minimum Gasteiger partial charge on any atom is -0.467 e. The molecule has 0 spiro atoms. The van der Waals surface area contributed by atoms with Gasteiger partial charge in [-0.25, -0.2) is 4.39 Å². The van der Waals surface area contributed by atoms with Crippen molar-refractivity contribution < 1.29 is 13.9 Å². The van der Waals surface area contributed by atoms with Crippen molar-refractivity contribution in [2.75, 3.05) is 26.9 Å². The number of benzene rings is 1. The van der Waals surface area contributed by atoms with Crippen molar-refractivity contribution in [2.24, 2.45) is 4.99 Å². The molecule has 2 aromatic rings. The number of thiophene rings is 1. The van der Waals surface area contributed by atoms with Crippen LogP contribution in [0.4, 0.5) is 4.39 Å². The summed E-state index contributed by atoms with van der Waals surface area (Å²) >= 11 is 1.76. The molecule has 1 aromatic heterocycles. The summed E-state index contributed by atoms with van der Waals surface area (Å²) in [5.41, 5.74) is 1.61. The summed E-state index contributed by atoms with van der Waals surface area (Å²) in [4.78, 5) is 5.60. The Morgan fingerprint density at radius 3 is 2.96 bits per heavy atom. The summed E-state index contributed by atoms with van der Waals surface area (Å²) in [6.07, 6.45) is 0.640. The summed E-state index contributed by atoms with van der Waals surface area (Å²) in [6.45, 7) is 4.22. The summed E-state index contributed by atoms with van der Waals surface area (Å²) in [7, 11) is 1.75. The zero-order chi connectivity index (χ0) is 18.4. The van der Waals surface area contributed by atoms with Gasteiger partial charge in [0.15, 0.2) is 12.8 Å². The molecule has 2 heterocycles. The van der Waals surface area contributed by atoms with Crippen LogP contribution in [-0.4, -0.2) is 32.9 Å². The van der Waals surface area contributed by atoms with Crippen LogP contribution in [0.5, 0.6) is 5.75 Å². The Balaban J connectivity index is 0.00000261. The monoisotopic (exact) mass is 505 g/mol. The third-order valence-corrected chi connectivity index (χ3v) is 5.37. The molecule has 2 N–H and O–H groups in total. The first kappa shape index (κ1) is 21.9. The lowest BCUT2D eigenvalue weighted by atomic mass is 10.1. The normalized spacial score (nSPS) is 14.6. The van der Waals surface area contributed by atoms with Gasteiger partial charge in [0.1, 0.15) is 11.6 Å². The van der Waals surface area contributed by atoms with Gasteiger partial charge >= 0.3 is 0 Å². The van der Waals surface area contributed by atoms with E-state index in [1.54, 1.807) is 18.4 Å². The molecule has 0 saturated carbocycles. The summed E-state index contributed by atoms with van der Waals surface area (Å²) in [5.74, 6) is 1.63. The Labute approximate surface area is 180 Å². The quantitative estimate of drug-likeness (QED) is 0.356. The highest BCUT2D eigenvalue weighted by Crippen LogP contribution is 2.29. The largest absolute Gasteiger partial charge is 0.467 e. The van der Waals surface area contributed by atoms with E-state index in [1.807, 2.05) is 0 Å². The molecule has 1 atom stereocenters. The molecule has 1 aromatic carbocycles. The molecule has 8 heteroatoms. The maximum absolute atomic E-state index is 13.8. The molecule has 1 aliphatic heterocycles. The van der Waals surface area contributed by atoms with Gasteiger partial charge in [-0.2, -0.15) is 0 Å². The van der Waals surface area contributed by atoms with E-state index in [2.05, 4.69) is 40.1 Å². The third kappa shape index (κ3) is 6.05. The van der Waals surface area contributed by atoms with Crippen LogP contribution < -0.4 is 15.4 Å². The number of halogens is 2. The van der Waals surface area contributed by atoms with Gasteiger partial charge < -0.3 is 20.1 Å². The third-order valence-electron chi connectivity index (χ3n) is 4.27. The van der Waals surface area contributed by atoms with Crippen LogP contribution in [0.2, 0.25) is 0 Å². The molecule has 148 valence electrons. The fourth-order valence-corrected chi connectivity index (χ4v) is 3.69. The first-order valence-corrected chi connectivity index (χ1v) is 9.55. The van der Waals surface area contributed by atoms with E-state index in [9.17, 15) is 4.39 Å². The number of nitrogens with zero attached hydrogens (tertiary/aromatic N) is 1. The number of nitrogens with one attached hydrogen (secondary N) is 2. The molecular weight excluding hydrogens is 480 g/mol. The maximum Gasteiger partial charge on any atom is 0.191 e. The van der Waals surface area contributed by atoms with E-state index < -0.39 is 0 Å². The van der Waals surface area contributed by atoms with E-state index in [0.29, 0.717) is 25.5 Å². The predicted octanol–water partition coefficient (Wildman–Crippen LogP) is 3.88. The standard InChI is InChI=1S/C19H24FN3O2S.HI/c1-13(17-4-3-7-26-17)10-23-19(21-2)22-6-5-14-8-16(20)9-15-11-24-12-25-18(14)15;/h3-4,7-9,13H,5-6,10-12H2,1-2H3,(H2,21,22,23);1H. The lowest BCUT2D eigenvalue weighted by molar-refractivity contribution is -0.0172. The predicted molar refractivity (Wildman–Crippen MR) is 118 cm³/mol. The van der Waals surface area contributed by atoms with Crippen molar-refractivity contribution in [1.29, 1.82) is 0 Å². The molecule has 27 heavy (non-hydrogen) atoms. The summed E-state index contributed by atoms with van der Waals surface area (Å²) in [5, 5.41) is 8.70. The van der Waals surface area contributed by atoms with Crippen molar-refractivity contribution in [3.8, 4) is 5.75 Å². The van der Waals surface area contributed by atoms with Crippen LogP contribution in [0, 0.1) is 5.82 Å². The van der Waals surface area contributed by atoms with Gasteiger partial charge in [-0.1, -0.05) is 13.0 Å². The van der Waals surface area contributed by atoms with E-state index >= 15 is 0 Å². The second-order valence-corrected chi connectivity index (χ2v) is 7.19. The average molecular weight is 505 g/mol. The van der Waals surface area contributed by atoms with Gasteiger partial charge in [0.05, 0.1) is 6.61 Å². The van der Waals surface area contributed by atoms with Crippen LogP contribution in [0.1, 0.15) is 28.8 Å². The van der Waals surface area contributed by atoms with Crippen LogP contribution in [0.3, 0.4) is 0 Å². The number of hydrogen-bond acceptors (Lipinski definition) is 4. The molecule has 0 radical (unpaired) electrons. The topological polar surface area (TPSA) is 54.9 Å². The number of fused-ring (bicyclic) bond motifs is 1. The lowest BCUT2D eigenvalue weighted by Crippen LogP contribution is -2.39. The van der Waals surface area contributed by atoms with Crippen molar-refractivity contribution in [3.05, 3.63) is 51.5 Å². The van der Waals surface area contributed by atoms with Gasteiger partial charge in [-0.3, -0.25) is 4.99 Å². The van der Waals surface area contributed by atoms with Crippen LogP contribution in [0.15, 0.2) is 34.6 Å². The first-order chi connectivity index (χ1) is 12.7. The average Bonchev–Trinajstić information content (AvgIpc) is 3.18. The van der Waals surface area contributed by atoms with E-state index in [4.69, 9.17) is 9.47 Å². The highest BCUT2D eigenvalue weighted by atomic mass is 127. The number of hydrogen-bond donors (Lipinski definition) is 2. The Morgan fingerprint density at radius 2 is 2.22 bits per heavy atom. The molecule has 0 fully saturated rings. The lowest BCUT2D eigenvalue weighted by Gasteiger charge is -2.21. The fraction of sp³-hybridized carbons (Fsp3) is 0.421. The Hall–Kier alpha value is -1.39. The van der Waals surface area contributed by atoms with Crippen molar-refractivity contribution in [2.45, 2.75) is 25.9 Å². The maximum atomic E-state index is 13.8. The van der Waals surface area contributed by atoms with Gasteiger partial charge in [0, 0.05) is 36.5 Å². The van der Waals surface area contributed by atoms with E-state index in [0.717, 1.165) is 29.4 Å².